The van der Waals surface area contributed by atoms with Gasteiger partial charge in [0, 0.05) is 30.3 Å². The molecule has 4 rings (SSSR count). The van der Waals surface area contributed by atoms with Gasteiger partial charge in [-0.3, -0.25) is 9.59 Å². The van der Waals surface area contributed by atoms with E-state index in [4.69, 9.17) is 17.3 Å². The predicted octanol–water partition coefficient (Wildman–Crippen LogP) is 2.93. The number of anilines is 1. The number of carbonyl (C=O) groups is 2. The monoisotopic (exact) mass is 482 g/mol. The quantitative estimate of drug-likeness (QED) is 0.428. The van der Waals surface area contributed by atoms with Crippen molar-refractivity contribution in [2.75, 3.05) is 18.8 Å². The van der Waals surface area contributed by atoms with Gasteiger partial charge in [-0.1, -0.05) is 29.8 Å². The normalized spacial score (nSPS) is 15.5. The topological polar surface area (TPSA) is 122 Å². The molecule has 176 valence electrons. The Bertz CT molecular complexity index is 1220. The highest BCUT2D eigenvalue weighted by molar-refractivity contribution is 6.30. The second-order valence-electron chi connectivity index (χ2n) is 8.02. The van der Waals surface area contributed by atoms with Crippen molar-refractivity contribution >= 4 is 29.2 Å². The summed E-state index contributed by atoms with van der Waals surface area (Å²) in [6.07, 6.45) is 3.33. The van der Waals surface area contributed by atoms with Crippen LogP contribution in [0.1, 0.15) is 39.3 Å². The van der Waals surface area contributed by atoms with Crippen LogP contribution in [0.5, 0.6) is 0 Å². The van der Waals surface area contributed by atoms with Crippen LogP contribution >= 0.6 is 11.6 Å². The number of nitrogen functional groups attached to an aromatic ring is 1. The molecule has 1 aliphatic heterocycles. The standard InChI is InChI=1S/C24H24ClFN6O2/c25-18-9-14(6-7-19(18)26)11-30-23(33)16-4-1-3-15(10-16)20-13-29-22(27)21(32-20)24(34)31-17-5-2-8-28-12-17/h1,3-4,6-7,9-10,13,17,28H,2,5,8,11-12H2,(H2,27,29)(H,30,33)(H,31,34). The Labute approximate surface area is 201 Å². The molecule has 2 aromatic carbocycles. The molecule has 1 aromatic heterocycles. The molecule has 2 amide bonds. The molecule has 1 unspecified atom stereocenters. The second kappa shape index (κ2) is 10.6. The van der Waals surface area contributed by atoms with Crippen LogP contribution in [0.4, 0.5) is 10.2 Å². The minimum Gasteiger partial charge on any atom is -0.382 e. The highest BCUT2D eigenvalue weighted by atomic mass is 35.5. The lowest BCUT2D eigenvalue weighted by Gasteiger charge is -2.23. The number of aromatic nitrogens is 2. The lowest BCUT2D eigenvalue weighted by molar-refractivity contribution is 0.0923. The van der Waals surface area contributed by atoms with E-state index in [-0.39, 0.29) is 40.9 Å². The van der Waals surface area contributed by atoms with Gasteiger partial charge in [0.1, 0.15) is 5.82 Å². The molecule has 2 heterocycles. The Balaban J connectivity index is 1.48. The van der Waals surface area contributed by atoms with Gasteiger partial charge in [0.05, 0.1) is 16.9 Å². The zero-order valence-corrected chi connectivity index (χ0v) is 19.0. The summed E-state index contributed by atoms with van der Waals surface area (Å²) in [4.78, 5) is 33.9. The van der Waals surface area contributed by atoms with Crippen LogP contribution in [-0.2, 0) is 6.54 Å². The van der Waals surface area contributed by atoms with Gasteiger partial charge >= 0.3 is 0 Å². The molecule has 0 saturated carbocycles. The molecular weight excluding hydrogens is 459 g/mol. The largest absolute Gasteiger partial charge is 0.382 e. The van der Waals surface area contributed by atoms with Crippen LogP contribution in [0.3, 0.4) is 0 Å². The SMILES string of the molecule is Nc1ncc(-c2cccc(C(=O)NCc3ccc(F)c(Cl)c3)c2)nc1C(=O)NC1CCCNC1. The number of halogens is 2. The second-order valence-corrected chi connectivity index (χ2v) is 8.42. The van der Waals surface area contributed by atoms with Crippen LogP contribution in [0.2, 0.25) is 5.02 Å². The molecule has 1 saturated heterocycles. The minimum atomic E-state index is -0.516. The van der Waals surface area contributed by atoms with E-state index in [1.54, 1.807) is 30.3 Å². The number of nitrogens with one attached hydrogen (secondary N) is 3. The number of carbonyl (C=O) groups excluding carboxylic acids is 2. The molecule has 3 aromatic rings. The zero-order valence-electron chi connectivity index (χ0n) is 18.3. The number of nitrogens with two attached hydrogens (primary N) is 1. The van der Waals surface area contributed by atoms with E-state index in [0.29, 0.717) is 28.9 Å². The molecule has 0 spiro atoms. The number of piperidine rings is 1. The van der Waals surface area contributed by atoms with Crippen LogP contribution in [0.15, 0.2) is 48.7 Å². The van der Waals surface area contributed by atoms with E-state index in [0.717, 1.165) is 19.4 Å². The Hall–Kier alpha value is -3.56. The predicted molar refractivity (Wildman–Crippen MR) is 128 cm³/mol. The highest BCUT2D eigenvalue weighted by Gasteiger charge is 2.20. The van der Waals surface area contributed by atoms with Crippen molar-refractivity contribution in [1.82, 2.24) is 25.9 Å². The molecule has 8 nitrogen and oxygen atoms in total. The first-order valence-corrected chi connectivity index (χ1v) is 11.2. The summed E-state index contributed by atoms with van der Waals surface area (Å²) in [7, 11) is 0. The Morgan fingerprint density at radius 1 is 1.21 bits per heavy atom. The van der Waals surface area contributed by atoms with Crippen LogP contribution < -0.4 is 21.7 Å². The number of benzene rings is 2. The fourth-order valence-electron chi connectivity index (χ4n) is 3.69. The average Bonchev–Trinajstić information content (AvgIpc) is 2.85. The van der Waals surface area contributed by atoms with E-state index < -0.39 is 5.82 Å². The third-order valence-corrected chi connectivity index (χ3v) is 5.80. The fourth-order valence-corrected chi connectivity index (χ4v) is 3.89. The van der Waals surface area contributed by atoms with Crippen molar-refractivity contribution < 1.29 is 14.0 Å². The molecule has 10 heteroatoms. The first kappa shape index (κ1) is 23.6. The van der Waals surface area contributed by atoms with Crippen molar-refractivity contribution in [3.63, 3.8) is 0 Å². The number of rotatable bonds is 6. The van der Waals surface area contributed by atoms with Gasteiger partial charge in [0.25, 0.3) is 11.8 Å². The fraction of sp³-hybridized carbons (Fsp3) is 0.250. The zero-order chi connectivity index (χ0) is 24.1. The number of hydrogen-bond acceptors (Lipinski definition) is 6. The summed E-state index contributed by atoms with van der Waals surface area (Å²) < 4.78 is 13.3. The lowest BCUT2D eigenvalue weighted by atomic mass is 10.1. The van der Waals surface area contributed by atoms with Crippen molar-refractivity contribution in [3.8, 4) is 11.3 Å². The van der Waals surface area contributed by atoms with Crippen LogP contribution in [-0.4, -0.2) is 40.9 Å². The van der Waals surface area contributed by atoms with Gasteiger partial charge in [-0.05, 0) is 49.2 Å². The van der Waals surface area contributed by atoms with Gasteiger partial charge in [-0.15, -0.1) is 0 Å². The van der Waals surface area contributed by atoms with Gasteiger partial charge in [0.15, 0.2) is 11.5 Å². The van der Waals surface area contributed by atoms with Crippen LogP contribution in [0.25, 0.3) is 11.3 Å². The van der Waals surface area contributed by atoms with Gasteiger partial charge in [-0.25, -0.2) is 14.4 Å². The van der Waals surface area contributed by atoms with E-state index in [9.17, 15) is 14.0 Å². The molecule has 34 heavy (non-hydrogen) atoms. The number of nitrogens with zero attached hydrogens (tertiary/aromatic N) is 2. The van der Waals surface area contributed by atoms with Crippen molar-refractivity contribution in [3.05, 3.63) is 76.3 Å². The maximum absolute atomic E-state index is 13.3. The molecule has 0 bridgehead atoms. The smallest absolute Gasteiger partial charge is 0.274 e. The molecular formula is C24H24ClFN6O2. The van der Waals surface area contributed by atoms with Gasteiger partial charge in [0.2, 0.25) is 0 Å². The summed E-state index contributed by atoms with van der Waals surface area (Å²) in [5.41, 5.74) is 8.06. The molecule has 0 radical (unpaired) electrons. The molecule has 1 aliphatic rings. The molecule has 1 atom stereocenters. The summed E-state index contributed by atoms with van der Waals surface area (Å²) in [6, 6.07) is 11.1. The number of amides is 2. The van der Waals surface area contributed by atoms with Crippen molar-refractivity contribution in [2.45, 2.75) is 25.4 Å². The first-order valence-electron chi connectivity index (χ1n) is 10.9. The summed E-state index contributed by atoms with van der Waals surface area (Å²) >= 11 is 5.79. The molecule has 5 N–H and O–H groups in total. The summed E-state index contributed by atoms with van der Waals surface area (Å²) in [5, 5.41) is 8.96. The maximum Gasteiger partial charge on any atom is 0.274 e. The van der Waals surface area contributed by atoms with Crippen LogP contribution in [0, 0.1) is 5.82 Å². The van der Waals surface area contributed by atoms with Crippen molar-refractivity contribution in [2.24, 2.45) is 0 Å². The maximum atomic E-state index is 13.3. The highest BCUT2D eigenvalue weighted by Crippen LogP contribution is 2.21. The van der Waals surface area contributed by atoms with E-state index in [1.807, 2.05) is 0 Å². The minimum absolute atomic E-state index is 0.00439. The number of hydrogen-bond donors (Lipinski definition) is 4. The lowest BCUT2D eigenvalue weighted by Crippen LogP contribution is -2.46. The van der Waals surface area contributed by atoms with E-state index >= 15 is 0 Å². The third kappa shape index (κ3) is 5.67. The van der Waals surface area contributed by atoms with Gasteiger partial charge < -0.3 is 21.7 Å². The van der Waals surface area contributed by atoms with E-state index in [1.165, 1.54) is 18.3 Å². The average molecular weight is 483 g/mol. The van der Waals surface area contributed by atoms with Crippen molar-refractivity contribution in [1.29, 1.82) is 0 Å². The molecule has 0 aliphatic carbocycles. The molecule has 1 fully saturated rings. The Morgan fingerprint density at radius 2 is 2.06 bits per heavy atom. The van der Waals surface area contributed by atoms with Gasteiger partial charge in [-0.2, -0.15) is 0 Å². The first-order chi connectivity index (χ1) is 16.4. The third-order valence-electron chi connectivity index (χ3n) is 5.51. The summed E-state index contributed by atoms with van der Waals surface area (Å²) in [6.45, 7) is 1.82. The summed E-state index contributed by atoms with van der Waals surface area (Å²) in [5.74, 6) is -1.18. The Morgan fingerprint density at radius 3 is 2.82 bits per heavy atom. The Kier molecular flexibility index (Phi) is 7.34. The van der Waals surface area contributed by atoms with E-state index in [2.05, 4.69) is 25.9 Å².